The highest BCUT2D eigenvalue weighted by atomic mass is 35.5. The first kappa shape index (κ1) is 15.6. The molecule has 2 N–H and O–H groups in total. The first-order valence-electron chi connectivity index (χ1n) is 7.87. The molecule has 6 heteroatoms. The van der Waals surface area contributed by atoms with Gasteiger partial charge in [-0.3, -0.25) is 14.7 Å². The number of nitrogens with one attached hydrogen (secondary N) is 2. The summed E-state index contributed by atoms with van der Waals surface area (Å²) in [5.74, 6) is -0.501. The van der Waals surface area contributed by atoms with E-state index in [1.807, 2.05) is 30.3 Å². The Bertz CT molecular complexity index is 949. The number of hydrogen-bond donors (Lipinski definition) is 2. The number of carbonyl (C=O) groups is 2. The zero-order valence-electron chi connectivity index (χ0n) is 13.1. The number of amides is 1. The number of aromatic nitrogens is 2. The summed E-state index contributed by atoms with van der Waals surface area (Å²) in [5, 5.41) is 10.5. The summed E-state index contributed by atoms with van der Waals surface area (Å²) in [7, 11) is 0. The van der Waals surface area contributed by atoms with Crippen LogP contribution < -0.4 is 5.32 Å². The fourth-order valence-electron chi connectivity index (χ4n) is 3.12. The molecule has 0 saturated heterocycles. The molecule has 2 heterocycles. The monoisotopic (exact) mass is 351 g/mol. The van der Waals surface area contributed by atoms with Gasteiger partial charge in [-0.05, 0) is 29.8 Å². The van der Waals surface area contributed by atoms with E-state index in [2.05, 4.69) is 15.5 Å². The number of ketones is 1. The Morgan fingerprint density at radius 1 is 1.08 bits per heavy atom. The molecule has 1 aliphatic heterocycles. The number of hydrogen-bond acceptors (Lipinski definition) is 3. The Hall–Kier alpha value is -2.92. The number of halogens is 1. The number of Topliss-reactive ketones (excluding diaryl/α,β-unsaturated/α-hetero) is 1. The molecule has 1 aliphatic rings. The summed E-state index contributed by atoms with van der Waals surface area (Å²) in [5.41, 5.74) is 2.92. The van der Waals surface area contributed by atoms with Gasteiger partial charge in [0.15, 0.2) is 11.6 Å². The Balaban J connectivity index is 1.81. The quantitative estimate of drug-likeness (QED) is 0.699. The molecule has 5 nitrogen and oxygen atoms in total. The van der Waals surface area contributed by atoms with Crippen molar-refractivity contribution in [1.82, 2.24) is 10.2 Å². The van der Waals surface area contributed by atoms with E-state index >= 15 is 0 Å². The topological polar surface area (TPSA) is 74.8 Å². The second-order valence-electron chi connectivity index (χ2n) is 5.90. The van der Waals surface area contributed by atoms with Crippen LogP contribution in [0.1, 0.15) is 28.3 Å². The first-order valence-corrected chi connectivity index (χ1v) is 8.24. The Morgan fingerprint density at radius 2 is 1.80 bits per heavy atom. The second-order valence-corrected chi connectivity index (χ2v) is 6.34. The molecule has 3 aromatic rings. The number of rotatable bonds is 3. The van der Waals surface area contributed by atoms with Crippen molar-refractivity contribution in [3.63, 3.8) is 0 Å². The van der Waals surface area contributed by atoms with Gasteiger partial charge in [-0.25, -0.2) is 0 Å². The maximum Gasteiger partial charge on any atom is 0.226 e. The molecular weight excluding hydrogens is 338 g/mol. The Labute approximate surface area is 149 Å². The highest BCUT2D eigenvalue weighted by Crippen LogP contribution is 2.39. The van der Waals surface area contributed by atoms with Crippen molar-refractivity contribution in [2.24, 2.45) is 0 Å². The van der Waals surface area contributed by atoms with Crippen LogP contribution in [0, 0.1) is 0 Å². The van der Waals surface area contributed by atoms with E-state index in [9.17, 15) is 9.59 Å². The van der Waals surface area contributed by atoms with E-state index in [-0.39, 0.29) is 18.1 Å². The molecule has 0 bridgehead atoms. The van der Waals surface area contributed by atoms with Gasteiger partial charge in [-0.15, -0.1) is 0 Å². The summed E-state index contributed by atoms with van der Waals surface area (Å²) >= 11 is 5.90. The molecule has 124 valence electrons. The van der Waals surface area contributed by atoms with Crippen LogP contribution in [-0.4, -0.2) is 21.9 Å². The molecule has 0 aliphatic carbocycles. The molecule has 1 aromatic heterocycles. The summed E-state index contributed by atoms with van der Waals surface area (Å²) in [6.45, 7) is 0. The SMILES string of the molecule is O=C1CC(C(=O)c2ccc(Cl)cc2)c2c(n[nH]c2-c2ccccc2)N1. The maximum absolute atomic E-state index is 13.0. The fourth-order valence-corrected chi connectivity index (χ4v) is 3.25. The average Bonchev–Trinajstić information content (AvgIpc) is 3.05. The van der Waals surface area contributed by atoms with E-state index in [1.54, 1.807) is 24.3 Å². The van der Waals surface area contributed by atoms with Crippen molar-refractivity contribution in [2.45, 2.75) is 12.3 Å². The number of aromatic amines is 1. The van der Waals surface area contributed by atoms with Crippen LogP contribution in [0.15, 0.2) is 54.6 Å². The molecule has 1 amide bonds. The second kappa shape index (κ2) is 6.18. The van der Waals surface area contributed by atoms with Crippen LogP contribution in [0.25, 0.3) is 11.3 Å². The zero-order chi connectivity index (χ0) is 17.4. The fraction of sp³-hybridized carbons (Fsp3) is 0.105. The lowest BCUT2D eigenvalue weighted by Crippen LogP contribution is -2.27. The third-order valence-electron chi connectivity index (χ3n) is 4.31. The minimum atomic E-state index is -0.584. The molecule has 0 saturated carbocycles. The molecule has 0 radical (unpaired) electrons. The van der Waals surface area contributed by atoms with Crippen LogP contribution in [0.2, 0.25) is 5.02 Å². The smallest absolute Gasteiger partial charge is 0.226 e. The third-order valence-corrected chi connectivity index (χ3v) is 4.56. The number of carbonyl (C=O) groups excluding carboxylic acids is 2. The highest BCUT2D eigenvalue weighted by Gasteiger charge is 2.35. The molecule has 25 heavy (non-hydrogen) atoms. The van der Waals surface area contributed by atoms with Crippen molar-refractivity contribution < 1.29 is 9.59 Å². The summed E-state index contributed by atoms with van der Waals surface area (Å²) in [6.07, 6.45) is 0.0911. The molecule has 2 aromatic carbocycles. The van der Waals surface area contributed by atoms with E-state index in [0.717, 1.165) is 16.8 Å². The maximum atomic E-state index is 13.0. The van der Waals surface area contributed by atoms with Gasteiger partial charge in [-0.1, -0.05) is 41.9 Å². The van der Waals surface area contributed by atoms with Crippen LogP contribution in [0.5, 0.6) is 0 Å². The van der Waals surface area contributed by atoms with E-state index in [0.29, 0.717) is 16.4 Å². The van der Waals surface area contributed by atoms with E-state index < -0.39 is 5.92 Å². The van der Waals surface area contributed by atoms with Crippen molar-refractivity contribution in [3.05, 3.63) is 70.7 Å². The van der Waals surface area contributed by atoms with Crippen molar-refractivity contribution in [3.8, 4) is 11.3 Å². The van der Waals surface area contributed by atoms with Crippen LogP contribution >= 0.6 is 11.6 Å². The summed E-state index contributed by atoms with van der Waals surface area (Å²) in [4.78, 5) is 25.1. The summed E-state index contributed by atoms with van der Waals surface area (Å²) in [6, 6.07) is 16.3. The summed E-state index contributed by atoms with van der Waals surface area (Å²) < 4.78 is 0. The third kappa shape index (κ3) is 2.83. The number of H-pyrrole nitrogens is 1. The van der Waals surface area contributed by atoms with Crippen LogP contribution in [0.3, 0.4) is 0 Å². The predicted molar refractivity (Wildman–Crippen MR) is 95.8 cm³/mol. The largest absolute Gasteiger partial charge is 0.309 e. The average molecular weight is 352 g/mol. The van der Waals surface area contributed by atoms with Crippen molar-refractivity contribution >= 4 is 29.1 Å². The molecule has 0 spiro atoms. The number of anilines is 1. The normalized spacial score (nSPS) is 16.2. The van der Waals surface area contributed by atoms with Crippen molar-refractivity contribution in [1.29, 1.82) is 0 Å². The van der Waals surface area contributed by atoms with Crippen LogP contribution in [0.4, 0.5) is 5.82 Å². The van der Waals surface area contributed by atoms with Gasteiger partial charge in [0.05, 0.1) is 11.6 Å². The van der Waals surface area contributed by atoms with Crippen LogP contribution in [-0.2, 0) is 4.79 Å². The van der Waals surface area contributed by atoms with E-state index in [1.165, 1.54) is 0 Å². The Kier molecular flexibility index (Phi) is 3.86. The minimum Gasteiger partial charge on any atom is -0.309 e. The van der Waals surface area contributed by atoms with Gasteiger partial charge in [0, 0.05) is 22.6 Å². The molecular formula is C19H14ClN3O2. The molecule has 0 fully saturated rings. The lowest BCUT2D eigenvalue weighted by atomic mass is 9.84. The lowest BCUT2D eigenvalue weighted by Gasteiger charge is -2.22. The lowest BCUT2D eigenvalue weighted by molar-refractivity contribution is -0.116. The van der Waals surface area contributed by atoms with Gasteiger partial charge in [0.2, 0.25) is 5.91 Å². The number of nitrogens with zero attached hydrogens (tertiary/aromatic N) is 1. The minimum absolute atomic E-state index is 0.0911. The molecule has 1 atom stereocenters. The van der Waals surface area contributed by atoms with Gasteiger partial charge >= 0.3 is 0 Å². The highest BCUT2D eigenvalue weighted by molar-refractivity contribution is 6.30. The molecule has 1 unspecified atom stereocenters. The van der Waals surface area contributed by atoms with Gasteiger partial charge in [0.1, 0.15) is 0 Å². The van der Waals surface area contributed by atoms with E-state index in [4.69, 9.17) is 11.6 Å². The van der Waals surface area contributed by atoms with Crippen molar-refractivity contribution in [2.75, 3.05) is 5.32 Å². The molecule has 4 rings (SSSR count). The standard InChI is InChI=1S/C19H14ClN3O2/c20-13-8-6-12(7-9-13)18(25)14-10-15(24)21-19-16(14)17(22-23-19)11-4-2-1-3-5-11/h1-9,14H,10H2,(H2,21,22,23,24). The predicted octanol–water partition coefficient (Wildman–Crippen LogP) is 4.04. The Morgan fingerprint density at radius 3 is 2.52 bits per heavy atom. The number of benzene rings is 2. The van der Waals surface area contributed by atoms with Gasteiger partial charge in [-0.2, -0.15) is 5.10 Å². The zero-order valence-corrected chi connectivity index (χ0v) is 13.9. The first-order chi connectivity index (χ1) is 12.1. The number of fused-ring (bicyclic) bond motifs is 1. The van der Waals surface area contributed by atoms with Gasteiger partial charge < -0.3 is 5.32 Å². The van der Waals surface area contributed by atoms with Gasteiger partial charge in [0.25, 0.3) is 0 Å².